The fraction of sp³-hybridized carbons (Fsp3) is 0.440. The Balaban J connectivity index is 1.44. The summed E-state index contributed by atoms with van der Waals surface area (Å²) in [7, 11) is 0. The molecule has 1 saturated carbocycles. The van der Waals surface area contributed by atoms with E-state index in [0.717, 1.165) is 37.8 Å². The molecule has 2 aliphatic rings. The fourth-order valence-corrected chi connectivity index (χ4v) is 4.51. The van der Waals surface area contributed by atoms with E-state index >= 15 is 0 Å². The van der Waals surface area contributed by atoms with E-state index < -0.39 is 23.9 Å². The molecular weight excluding hydrogens is 449 g/mol. The van der Waals surface area contributed by atoms with Crippen LogP contribution in [0.1, 0.15) is 48.5 Å². The number of halogens is 3. The molecule has 2 aromatic carbocycles. The van der Waals surface area contributed by atoms with Crippen molar-refractivity contribution in [2.75, 3.05) is 18.5 Å². The van der Waals surface area contributed by atoms with Crippen LogP contribution in [0.15, 0.2) is 48.5 Å². The molecule has 4 rings (SSSR count). The van der Waals surface area contributed by atoms with Gasteiger partial charge < -0.3 is 20.1 Å². The highest BCUT2D eigenvalue weighted by atomic mass is 19.4. The highest BCUT2D eigenvalue weighted by Crippen LogP contribution is 2.31. The zero-order valence-electron chi connectivity index (χ0n) is 18.6. The third-order valence-corrected chi connectivity index (χ3v) is 6.48. The number of aliphatic hydroxyl groups excluding tert-OH is 1. The number of nitrogens with zero attached hydrogens (tertiary/aromatic N) is 1. The van der Waals surface area contributed by atoms with Crippen LogP contribution < -0.4 is 5.32 Å². The summed E-state index contributed by atoms with van der Waals surface area (Å²) >= 11 is 0. The highest BCUT2D eigenvalue weighted by Gasteiger charge is 2.35. The van der Waals surface area contributed by atoms with Crippen molar-refractivity contribution in [1.82, 2.24) is 4.90 Å². The number of rotatable bonds is 6. The standard InChI is InChI=1S/C25H27F3N2O4/c26-25(27,28)19-9-5-16(6-10-19)13-30-21(14-34-15-22(30)31)23(32)17-7-11-20(12-8-17)29-24(33)18-3-1-2-4-18/h5-12,18,21,23,32H,1-4,13-15H2,(H,29,33). The Hall–Kier alpha value is -2.91. The van der Waals surface area contributed by atoms with E-state index in [0.29, 0.717) is 16.8 Å². The third kappa shape index (κ3) is 5.59. The van der Waals surface area contributed by atoms with Crippen LogP contribution in [-0.4, -0.2) is 41.1 Å². The average molecular weight is 476 g/mol. The van der Waals surface area contributed by atoms with Gasteiger partial charge in [-0.15, -0.1) is 0 Å². The molecule has 1 aliphatic heterocycles. The molecule has 0 spiro atoms. The summed E-state index contributed by atoms with van der Waals surface area (Å²) in [5, 5.41) is 13.9. The number of hydrogen-bond acceptors (Lipinski definition) is 4. The zero-order chi connectivity index (χ0) is 24.3. The van der Waals surface area contributed by atoms with E-state index in [-0.39, 0.29) is 37.5 Å². The second-order valence-corrected chi connectivity index (χ2v) is 8.84. The number of amides is 2. The maximum absolute atomic E-state index is 12.8. The lowest BCUT2D eigenvalue weighted by molar-refractivity contribution is -0.155. The SMILES string of the molecule is O=C(Nc1ccc(C(O)C2COCC(=O)N2Cc2ccc(C(F)(F)F)cc2)cc1)C1CCCC1. The summed E-state index contributed by atoms with van der Waals surface area (Å²) in [5.74, 6) is -0.315. The molecule has 1 saturated heterocycles. The quantitative estimate of drug-likeness (QED) is 0.652. The number of aliphatic hydroxyl groups is 1. The predicted octanol–water partition coefficient (Wildman–Crippen LogP) is 4.30. The summed E-state index contributed by atoms with van der Waals surface area (Å²) in [4.78, 5) is 26.3. The van der Waals surface area contributed by atoms with Crippen molar-refractivity contribution in [3.63, 3.8) is 0 Å². The number of nitrogens with one attached hydrogen (secondary N) is 1. The normalized spacial score (nSPS) is 20.4. The molecule has 182 valence electrons. The van der Waals surface area contributed by atoms with Crippen molar-refractivity contribution >= 4 is 17.5 Å². The van der Waals surface area contributed by atoms with E-state index in [1.54, 1.807) is 24.3 Å². The summed E-state index contributed by atoms with van der Waals surface area (Å²) in [6.07, 6.45) is -1.59. The van der Waals surface area contributed by atoms with E-state index in [4.69, 9.17) is 4.74 Å². The largest absolute Gasteiger partial charge is 0.416 e. The first-order chi connectivity index (χ1) is 16.2. The molecule has 6 nitrogen and oxygen atoms in total. The number of benzene rings is 2. The molecule has 0 radical (unpaired) electrons. The lowest BCUT2D eigenvalue weighted by atomic mass is 9.99. The van der Waals surface area contributed by atoms with E-state index in [1.807, 2.05) is 0 Å². The molecule has 9 heteroatoms. The first-order valence-electron chi connectivity index (χ1n) is 11.3. The summed E-state index contributed by atoms with van der Waals surface area (Å²) in [5.41, 5.74) is 0.927. The van der Waals surface area contributed by atoms with Crippen molar-refractivity contribution < 1.29 is 32.6 Å². The van der Waals surface area contributed by atoms with Crippen molar-refractivity contribution in [3.8, 4) is 0 Å². The van der Waals surface area contributed by atoms with Crippen LogP contribution in [0, 0.1) is 5.92 Å². The van der Waals surface area contributed by atoms with Gasteiger partial charge in [-0.3, -0.25) is 9.59 Å². The van der Waals surface area contributed by atoms with Gasteiger partial charge in [0.1, 0.15) is 12.7 Å². The van der Waals surface area contributed by atoms with Crippen molar-refractivity contribution in [2.45, 2.75) is 50.6 Å². The lowest BCUT2D eigenvalue weighted by Crippen LogP contribution is -2.51. The highest BCUT2D eigenvalue weighted by molar-refractivity contribution is 5.92. The zero-order valence-corrected chi connectivity index (χ0v) is 18.6. The number of hydrogen-bond donors (Lipinski definition) is 2. The van der Waals surface area contributed by atoms with Crippen molar-refractivity contribution in [3.05, 3.63) is 65.2 Å². The Labute approximate surface area is 195 Å². The Morgan fingerprint density at radius 2 is 1.74 bits per heavy atom. The van der Waals surface area contributed by atoms with Gasteiger partial charge in [-0.2, -0.15) is 13.2 Å². The third-order valence-electron chi connectivity index (χ3n) is 6.48. The molecule has 2 atom stereocenters. The molecule has 2 unspecified atom stereocenters. The lowest BCUT2D eigenvalue weighted by Gasteiger charge is -2.38. The van der Waals surface area contributed by atoms with Gasteiger partial charge in [-0.05, 0) is 48.2 Å². The van der Waals surface area contributed by atoms with E-state index in [1.165, 1.54) is 17.0 Å². The first-order valence-corrected chi connectivity index (χ1v) is 11.3. The summed E-state index contributed by atoms with van der Waals surface area (Å²) in [6.45, 7) is -0.0126. The molecule has 0 aromatic heterocycles. The van der Waals surface area contributed by atoms with Gasteiger partial charge in [0.2, 0.25) is 11.8 Å². The molecule has 2 aromatic rings. The van der Waals surface area contributed by atoms with Crippen molar-refractivity contribution in [1.29, 1.82) is 0 Å². The number of carbonyl (C=O) groups excluding carboxylic acids is 2. The Kier molecular flexibility index (Phi) is 7.23. The molecule has 2 fully saturated rings. The number of alkyl halides is 3. The second kappa shape index (κ2) is 10.1. The monoisotopic (exact) mass is 476 g/mol. The van der Waals surface area contributed by atoms with Crippen LogP contribution in [0.4, 0.5) is 18.9 Å². The van der Waals surface area contributed by atoms with Crippen LogP contribution in [0.3, 0.4) is 0 Å². The number of morpholine rings is 1. The van der Waals surface area contributed by atoms with Gasteiger partial charge in [0.05, 0.1) is 18.2 Å². The van der Waals surface area contributed by atoms with Gasteiger partial charge in [-0.1, -0.05) is 37.1 Å². The topological polar surface area (TPSA) is 78.9 Å². The van der Waals surface area contributed by atoms with Crippen LogP contribution in [-0.2, 0) is 27.0 Å². The van der Waals surface area contributed by atoms with Crippen LogP contribution >= 0.6 is 0 Å². The predicted molar refractivity (Wildman–Crippen MR) is 119 cm³/mol. The molecule has 1 heterocycles. The van der Waals surface area contributed by atoms with E-state index in [9.17, 15) is 27.9 Å². The Bertz CT molecular complexity index is 1000. The minimum atomic E-state index is -4.44. The summed E-state index contributed by atoms with van der Waals surface area (Å²) in [6, 6.07) is 10.7. The smallest absolute Gasteiger partial charge is 0.386 e. The van der Waals surface area contributed by atoms with Gasteiger partial charge >= 0.3 is 6.18 Å². The molecule has 0 bridgehead atoms. The summed E-state index contributed by atoms with van der Waals surface area (Å²) < 4.78 is 43.9. The second-order valence-electron chi connectivity index (χ2n) is 8.84. The van der Waals surface area contributed by atoms with Crippen LogP contribution in [0.25, 0.3) is 0 Å². The van der Waals surface area contributed by atoms with Gasteiger partial charge in [0.15, 0.2) is 0 Å². The fourth-order valence-electron chi connectivity index (χ4n) is 4.51. The van der Waals surface area contributed by atoms with Crippen LogP contribution in [0.2, 0.25) is 0 Å². The van der Waals surface area contributed by atoms with Gasteiger partial charge in [0.25, 0.3) is 0 Å². The average Bonchev–Trinajstić information content (AvgIpc) is 3.35. The molecule has 1 aliphatic carbocycles. The number of ether oxygens (including phenoxy) is 1. The first kappa shape index (κ1) is 24.2. The Morgan fingerprint density at radius 3 is 2.35 bits per heavy atom. The molecule has 2 N–H and O–H groups in total. The maximum atomic E-state index is 12.8. The minimum absolute atomic E-state index is 0.000192. The molecule has 2 amide bonds. The van der Waals surface area contributed by atoms with E-state index in [2.05, 4.69) is 5.32 Å². The number of anilines is 1. The van der Waals surface area contributed by atoms with Gasteiger partial charge in [-0.25, -0.2) is 0 Å². The Morgan fingerprint density at radius 1 is 1.09 bits per heavy atom. The number of carbonyl (C=O) groups is 2. The molecule has 34 heavy (non-hydrogen) atoms. The van der Waals surface area contributed by atoms with Crippen molar-refractivity contribution in [2.24, 2.45) is 5.92 Å². The van der Waals surface area contributed by atoms with Gasteiger partial charge in [0, 0.05) is 18.2 Å². The molecular formula is C25H27F3N2O4. The van der Waals surface area contributed by atoms with Crippen LogP contribution in [0.5, 0.6) is 0 Å². The maximum Gasteiger partial charge on any atom is 0.416 e. The minimum Gasteiger partial charge on any atom is -0.386 e.